The van der Waals surface area contributed by atoms with Crippen LogP contribution in [0.2, 0.25) is 5.02 Å². The molecule has 1 aromatic carbocycles. The van der Waals surface area contributed by atoms with Crippen LogP contribution in [0.4, 0.5) is 0 Å². The summed E-state index contributed by atoms with van der Waals surface area (Å²) in [6.07, 6.45) is 14.1. The topological polar surface area (TPSA) is 32.0 Å². The third kappa shape index (κ3) is 2.86. The molecule has 0 unspecified atom stereocenters. The lowest BCUT2D eigenvalue weighted by Crippen LogP contribution is -2.35. The quantitative estimate of drug-likeness (QED) is 0.613. The molecule has 1 aliphatic heterocycles. The lowest BCUT2D eigenvalue weighted by Gasteiger charge is -2.35. The summed E-state index contributed by atoms with van der Waals surface area (Å²) in [5.41, 5.74) is 4.23. The summed E-state index contributed by atoms with van der Waals surface area (Å²) < 4.78 is 2.47. The van der Waals surface area contributed by atoms with Crippen LogP contribution in [0.3, 0.4) is 0 Å². The van der Waals surface area contributed by atoms with Crippen LogP contribution in [0.1, 0.15) is 62.7 Å². The van der Waals surface area contributed by atoms with Gasteiger partial charge in [0.2, 0.25) is 0 Å². The van der Waals surface area contributed by atoms with Crippen LogP contribution in [0, 0.1) is 17.2 Å². The highest BCUT2D eigenvalue weighted by atomic mass is 35.5. The number of hydrogen-bond acceptors (Lipinski definition) is 2. The van der Waals surface area contributed by atoms with E-state index >= 15 is 0 Å². The second kappa shape index (κ2) is 7.01. The number of benzene rings is 1. The zero-order valence-corrected chi connectivity index (χ0v) is 17.1. The van der Waals surface area contributed by atoms with Crippen molar-refractivity contribution in [3.63, 3.8) is 0 Å². The average Bonchev–Trinajstić information content (AvgIpc) is 3.33. The molecule has 1 aromatic heterocycles. The number of hydrogen-bond donors (Lipinski definition) is 0. The predicted molar refractivity (Wildman–Crippen MR) is 115 cm³/mol. The maximum atomic E-state index is 10.2. The number of rotatable bonds is 4. The van der Waals surface area contributed by atoms with E-state index in [1.54, 1.807) is 0 Å². The Balaban J connectivity index is 1.75. The van der Waals surface area contributed by atoms with Gasteiger partial charge in [-0.2, -0.15) is 5.26 Å². The van der Waals surface area contributed by atoms with E-state index in [1.165, 1.54) is 44.2 Å². The molecule has 0 bridgehead atoms. The molecule has 4 heteroatoms. The molecule has 2 aliphatic carbocycles. The van der Waals surface area contributed by atoms with Crippen LogP contribution < -0.4 is 0 Å². The third-order valence-electron chi connectivity index (χ3n) is 6.81. The molecule has 0 saturated heterocycles. The molecule has 0 radical (unpaired) electrons. The van der Waals surface area contributed by atoms with Crippen LogP contribution >= 0.6 is 11.6 Å². The molecular formula is C24H26ClN3. The van der Waals surface area contributed by atoms with Crippen molar-refractivity contribution in [2.24, 2.45) is 5.92 Å². The molecule has 2 aromatic rings. The fraction of sp³-hybridized carbons (Fsp3) is 0.458. The Bertz CT molecular complexity index is 1010. The van der Waals surface area contributed by atoms with Crippen LogP contribution in [0.25, 0.3) is 16.6 Å². The van der Waals surface area contributed by atoms with Gasteiger partial charge in [-0.25, -0.2) is 0 Å². The SMILES string of the molecule is C[C@@H](C1CC1)N1CC=CC=C1c1c(C#N)c2cc(Cl)ccc2n1C1CCCC1. The average molecular weight is 392 g/mol. The largest absolute Gasteiger partial charge is 0.363 e. The standard InChI is InChI=1S/C24H26ClN3/c1-16(17-9-10-17)27-13-5-4-8-23(27)24-21(15-26)20-14-18(25)11-12-22(20)28(24)19-6-2-3-7-19/h4-5,8,11-12,14,16-17,19H,2-3,6-7,9-10,13H2,1H3/t16-/m0/s1. The Morgan fingerprint density at radius 2 is 1.96 bits per heavy atom. The van der Waals surface area contributed by atoms with Crippen molar-refractivity contribution >= 4 is 28.2 Å². The first-order chi connectivity index (χ1) is 13.7. The predicted octanol–water partition coefficient (Wildman–Crippen LogP) is 6.29. The van der Waals surface area contributed by atoms with Crippen molar-refractivity contribution in [1.82, 2.24) is 9.47 Å². The number of nitrogens with zero attached hydrogens (tertiary/aromatic N) is 3. The van der Waals surface area contributed by atoms with Crippen molar-refractivity contribution in [1.29, 1.82) is 5.26 Å². The Kier molecular flexibility index (Phi) is 4.48. The number of allylic oxidation sites excluding steroid dienone is 2. The van der Waals surface area contributed by atoms with E-state index in [0.717, 1.165) is 34.6 Å². The van der Waals surface area contributed by atoms with Crippen LogP contribution in [0.5, 0.6) is 0 Å². The van der Waals surface area contributed by atoms with Crippen molar-refractivity contribution in [2.75, 3.05) is 6.54 Å². The summed E-state index contributed by atoms with van der Waals surface area (Å²) in [5, 5.41) is 11.9. The molecule has 0 spiro atoms. The van der Waals surface area contributed by atoms with Crippen LogP contribution in [0.15, 0.2) is 36.4 Å². The molecule has 3 aliphatic rings. The van der Waals surface area contributed by atoms with Crippen LogP contribution in [-0.4, -0.2) is 22.1 Å². The fourth-order valence-electron chi connectivity index (χ4n) is 5.15. The van der Waals surface area contributed by atoms with Crippen LogP contribution in [-0.2, 0) is 0 Å². The van der Waals surface area contributed by atoms with Crippen molar-refractivity contribution in [3.05, 3.63) is 52.7 Å². The second-order valence-corrected chi connectivity index (χ2v) is 8.95. The Morgan fingerprint density at radius 1 is 1.18 bits per heavy atom. The number of halogens is 1. The summed E-state index contributed by atoms with van der Waals surface area (Å²) in [7, 11) is 0. The first-order valence-electron chi connectivity index (χ1n) is 10.6. The number of aromatic nitrogens is 1. The van der Waals surface area contributed by atoms with Gasteiger partial charge in [-0.1, -0.05) is 36.6 Å². The van der Waals surface area contributed by atoms with E-state index in [2.05, 4.69) is 46.8 Å². The van der Waals surface area contributed by atoms with Crippen molar-refractivity contribution in [3.8, 4) is 6.07 Å². The normalized spacial score (nSPS) is 21.2. The van der Waals surface area contributed by atoms with Gasteiger partial charge in [-0.3, -0.25) is 0 Å². The molecule has 28 heavy (non-hydrogen) atoms. The lowest BCUT2D eigenvalue weighted by molar-refractivity contribution is 0.304. The molecule has 5 rings (SSSR count). The molecule has 3 nitrogen and oxygen atoms in total. The Morgan fingerprint density at radius 3 is 2.68 bits per heavy atom. The molecule has 1 atom stereocenters. The second-order valence-electron chi connectivity index (χ2n) is 8.52. The molecule has 0 N–H and O–H groups in total. The van der Waals surface area contributed by atoms with Gasteiger partial charge in [0, 0.05) is 29.0 Å². The molecule has 0 amide bonds. The van der Waals surface area contributed by atoms with Crippen molar-refractivity contribution in [2.45, 2.75) is 57.5 Å². The minimum absolute atomic E-state index is 0.464. The molecule has 144 valence electrons. The lowest BCUT2D eigenvalue weighted by atomic mass is 10.0. The van der Waals surface area contributed by atoms with Gasteiger partial charge in [0.1, 0.15) is 6.07 Å². The first kappa shape index (κ1) is 17.9. The maximum absolute atomic E-state index is 10.2. The molecule has 2 saturated carbocycles. The Labute approximate surface area is 171 Å². The molecule has 2 fully saturated rings. The summed E-state index contributed by atoms with van der Waals surface area (Å²) >= 11 is 6.33. The summed E-state index contributed by atoms with van der Waals surface area (Å²) in [6.45, 7) is 3.26. The maximum Gasteiger partial charge on any atom is 0.102 e. The summed E-state index contributed by atoms with van der Waals surface area (Å²) in [4.78, 5) is 2.51. The fourth-order valence-corrected chi connectivity index (χ4v) is 5.33. The van der Waals surface area contributed by atoms with Gasteiger partial charge < -0.3 is 9.47 Å². The van der Waals surface area contributed by atoms with E-state index in [-0.39, 0.29) is 0 Å². The van der Waals surface area contributed by atoms with Gasteiger partial charge in [0.25, 0.3) is 0 Å². The number of nitriles is 1. The summed E-state index contributed by atoms with van der Waals surface area (Å²) in [5.74, 6) is 0.777. The minimum Gasteiger partial charge on any atom is -0.363 e. The highest BCUT2D eigenvalue weighted by Gasteiger charge is 2.36. The smallest absolute Gasteiger partial charge is 0.102 e. The van der Waals surface area contributed by atoms with Crippen molar-refractivity contribution < 1.29 is 0 Å². The summed E-state index contributed by atoms with van der Waals surface area (Å²) in [6, 6.07) is 9.54. The van der Waals surface area contributed by atoms with E-state index in [0.29, 0.717) is 17.1 Å². The zero-order valence-electron chi connectivity index (χ0n) is 16.4. The van der Waals surface area contributed by atoms with Gasteiger partial charge in [0.15, 0.2) is 0 Å². The van der Waals surface area contributed by atoms with Gasteiger partial charge in [-0.05, 0) is 62.8 Å². The van der Waals surface area contributed by atoms with Gasteiger partial charge >= 0.3 is 0 Å². The monoisotopic (exact) mass is 391 g/mol. The Hall–Kier alpha value is -2.18. The van der Waals surface area contributed by atoms with E-state index < -0.39 is 0 Å². The highest BCUT2D eigenvalue weighted by Crippen LogP contribution is 2.44. The molecule has 2 heterocycles. The third-order valence-corrected chi connectivity index (χ3v) is 7.04. The molecular weight excluding hydrogens is 366 g/mol. The van der Waals surface area contributed by atoms with E-state index in [1.807, 2.05) is 12.1 Å². The first-order valence-corrected chi connectivity index (χ1v) is 10.9. The zero-order chi connectivity index (χ0) is 19.3. The van der Waals surface area contributed by atoms with Gasteiger partial charge in [-0.15, -0.1) is 0 Å². The minimum atomic E-state index is 0.464. The van der Waals surface area contributed by atoms with E-state index in [9.17, 15) is 5.26 Å². The number of fused-ring (bicyclic) bond motifs is 1. The highest BCUT2D eigenvalue weighted by molar-refractivity contribution is 6.31. The van der Waals surface area contributed by atoms with Gasteiger partial charge in [0.05, 0.1) is 22.5 Å². The van der Waals surface area contributed by atoms with E-state index in [4.69, 9.17) is 11.6 Å².